The van der Waals surface area contributed by atoms with Gasteiger partial charge in [-0.1, -0.05) is 17.7 Å². The van der Waals surface area contributed by atoms with Crippen LogP contribution in [0.3, 0.4) is 0 Å². The molecule has 146 valence electrons. The number of benzene rings is 2. The molecular formula is C21H16ClN3O4. The topological polar surface area (TPSA) is 75.3 Å². The molecule has 0 saturated carbocycles. The molecule has 7 nitrogen and oxygen atoms in total. The number of pyridine rings is 1. The van der Waals surface area contributed by atoms with Gasteiger partial charge in [0.2, 0.25) is 0 Å². The number of esters is 1. The van der Waals surface area contributed by atoms with Gasteiger partial charge in [-0.05, 0) is 42.5 Å². The van der Waals surface area contributed by atoms with Crippen LogP contribution in [0.15, 0.2) is 65.7 Å². The Kier molecular flexibility index (Phi) is 4.82. The maximum absolute atomic E-state index is 13.1. The Morgan fingerprint density at radius 1 is 1.03 bits per heavy atom. The van der Waals surface area contributed by atoms with Gasteiger partial charge in [0.1, 0.15) is 17.0 Å². The van der Waals surface area contributed by atoms with Crippen LogP contribution < -0.4 is 10.3 Å². The lowest BCUT2D eigenvalue weighted by molar-refractivity contribution is 0.0600. The Labute approximate surface area is 171 Å². The summed E-state index contributed by atoms with van der Waals surface area (Å²) in [6, 6.07) is 14.0. The third-order valence-electron chi connectivity index (χ3n) is 4.50. The molecule has 4 rings (SSSR count). The second-order valence-electron chi connectivity index (χ2n) is 6.23. The zero-order chi connectivity index (χ0) is 20.5. The van der Waals surface area contributed by atoms with Crippen molar-refractivity contribution >= 4 is 17.6 Å². The number of nitrogens with zero attached hydrogens (tertiary/aromatic N) is 3. The smallest absolute Gasteiger partial charge is 0.341 e. The highest BCUT2D eigenvalue weighted by molar-refractivity contribution is 6.30. The van der Waals surface area contributed by atoms with Crippen molar-refractivity contribution in [2.45, 2.75) is 0 Å². The van der Waals surface area contributed by atoms with E-state index in [2.05, 4.69) is 5.10 Å². The third kappa shape index (κ3) is 3.36. The fourth-order valence-corrected chi connectivity index (χ4v) is 3.23. The van der Waals surface area contributed by atoms with Crippen LogP contribution in [0.1, 0.15) is 10.4 Å². The second-order valence-corrected chi connectivity index (χ2v) is 6.66. The number of aromatic nitrogens is 3. The molecule has 2 aromatic rings. The predicted molar refractivity (Wildman–Crippen MR) is 109 cm³/mol. The average Bonchev–Trinajstić information content (AvgIpc) is 3.09. The standard InChI is InChI=1S/C21H16ClN3O4/c1-28-16-8-6-14(7-9-16)25-20(26)17-11-24(15-5-3-4-13(22)10-15)12-18(19(17)23-25)21(27)29-2/h3-12H,1-2H3. The quantitative estimate of drug-likeness (QED) is 0.481. The van der Waals surface area contributed by atoms with Crippen molar-refractivity contribution in [3.63, 3.8) is 0 Å². The zero-order valence-corrected chi connectivity index (χ0v) is 16.4. The maximum atomic E-state index is 13.1. The van der Waals surface area contributed by atoms with Crippen LogP contribution in [0.5, 0.6) is 5.75 Å². The highest BCUT2D eigenvalue weighted by Gasteiger charge is 2.25. The summed E-state index contributed by atoms with van der Waals surface area (Å²) in [5, 5.41) is 4.92. The molecule has 2 aromatic carbocycles. The Morgan fingerprint density at radius 2 is 1.79 bits per heavy atom. The molecule has 0 saturated heterocycles. The van der Waals surface area contributed by atoms with Gasteiger partial charge >= 0.3 is 5.97 Å². The van der Waals surface area contributed by atoms with Crippen LogP contribution in [0.2, 0.25) is 5.02 Å². The molecule has 2 heterocycles. The molecular weight excluding hydrogens is 394 g/mol. The van der Waals surface area contributed by atoms with Gasteiger partial charge in [-0.2, -0.15) is 9.78 Å². The molecule has 0 aliphatic carbocycles. The van der Waals surface area contributed by atoms with E-state index in [-0.39, 0.29) is 22.4 Å². The molecule has 2 aliphatic rings. The van der Waals surface area contributed by atoms with Crippen molar-refractivity contribution in [2.24, 2.45) is 0 Å². The van der Waals surface area contributed by atoms with Gasteiger partial charge in [-0.25, -0.2) is 4.79 Å². The first-order chi connectivity index (χ1) is 14.0. The van der Waals surface area contributed by atoms with Crippen LogP contribution in [0, 0.1) is 0 Å². The molecule has 2 aliphatic heterocycles. The number of fused-ring (bicyclic) bond motifs is 1. The number of rotatable bonds is 4. The van der Waals surface area contributed by atoms with Crippen molar-refractivity contribution in [1.29, 1.82) is 0 Å². The van der Waals surface area contributed by atoms with E-state index in [0.29, 0.717) is 22.1 Å². The van der Waals surface area contributed by atoms with Crippen LogP contribution in [-0.2, 0) is 4.74 Å². The molecule has 0 N–H and O–H groups in total. The van der Waals surface area contributed by atoms with E-state index in [9.17, 15) is 9.59 Å². The summed E-state index contributed by atoms with van der Waals surface area (Å²) in [5.41, 5.74) is 1.61. The minimum Gasteiger partial charge on any atom is -0.497 e. The lowest BCUT2D eigenvalue weighted by atomic mass is 10.1. The van der Waals surface area contributed by atoms with Gasteiger partial charge in [0.15, 0.2) is 0 Å². The first-order valence-electron chi connectivity index (χ1n) is 8.65. The van der Waals surface area contributed by atoms with E-state index < -0.39 is 5.97 Å². The molecule has 0 unspecified atom stereocenters. The second kappa shape index (κ2) is 7.44. The Morgan fingerprint density at radius 3 is 2.45 bits per heavy atom. The van der Waals surface area contributed by atoms with Crippen molar-refractivity contribution in [3.05, 3.63) is 81.9 Å². The average molecular weight is 410 g/mol. The molecule has 8 heteroatoms. The van der Waals surface area contributed by atoms with Crippen molar-refractivity contribution < 1.29 is 14.3 Å². The normalized spacial score (nSPS) is 10.9. The Bertz CT molecular complexity index is 1230. The van der Waals surface area contributed by atoms with E-state index in [1.54, 1.807) is 66.5 Å². The number of methoxy groups -OCH3 is 2. The van der Waals surface area contributed by atoms with Gasteiger partial charge in [-0.15, -0.1) is 0 Å². The third-order valence-corrected chi connectivity index (χ3v) is 4.73. The summed E-state index contributed by atoms with van der Waals surface area (Å²) in [4.78, 5) is 25.5. The van der Waals surface area contributed by atoms with Crippen molar-refractivity contribution in [3.8, 4) is 28.4 Å². The number of carbonyl (C=O) groups excluding carboxylic acids is 1. The van der Waals surface area contributed by atoms with Gasteiger partial charge < -0.3 is 14.0 Å². The molecule has 0 bridgehead atoms. The minimum absolute atomic E-state index is 0.175. The monoisotopic (exact) mass is 409 g/mol. The van der Waals surface area contributed by atoms with Crippen LogP contribution >= 0.6 is 11.6 Å². The predicted octanol–water partition coefficient (Wildman–Crippen LogP) is 3.58. The number of halogens is 1. The molecule has 29 heavy (non-hydrogen) atoms. The molecule has 0 aromatic heterocycles. The van der Waals surface area contributed by atoms with E-state index in [1.807, 2.05) is 6.07 Å². The molecule has 0 spiro atoms. The Hall–Kier alpha value is -3.58. The molecule has 0 atom stereocenters. The van der Waals surface area contributed by atoms with Crippen molar-refractivity contribution in [1.82, 2.24) is 14.3 Å². The summed E-state index contributed by atoms with van der Waals surface area (Å²) < 4.78 is 13.0. The summed E-state index contributed by atoms with van der Waals surface area (Å²) in [7, 11) is 2.84. The van der Waals surface area contributed by atoms with Gasteiger partial charge in [0.05, 0.1) is 25.5 Å². The van der Waals surface area contributed by atoms with Crippen LogP contribution in [-0.4, -0.2) is 34.5 Å². The summed E-state index contributed by atoms with van der Waals surface area (Å²) >= 11 is 6.09. The summed E-state index contributed by atoms with van der Waals surface area (Å²) in [5.74, 6) is 0.0673. The summed E-state index contributed by atoms with van der Waals surface area (Å²) in [6.07, 6.45) is 3.20. The van der Waals surface area contributed by atoms with E-state index in [1.165, 1.54) is 11.8 Å². The molecule has 0 radical (unpaired) electrons. The fraction of sp³-hybridized carbons (Fsp3) is 0.0952. The van der Waals surface area contributed by atoms with Crippen molar-refractivity contribution in [2.75, 3.05) is 14.2 Å². The first kappa shape index (κ1) is 18.8. The first-order valence-corrected chi connectivity index (χ1v) is 9.03. The van der Waals surface area contributed by atoms with Gasteiger partial charge in [-0.3, -0.25) is 4.79 Å². The number of ether oxygens (including phenoxy) is 2. The number of hydrogen-bond donors (Lipinski definition) is 0. The van der Waals surface area contributed by atoms with E-state index >= 15 is 0 Å². The highest BCUT2D eigenvalue weighted by atomic mass is 35.5. The SMILES string of the molecule is COC(=O)c1cn(-c2cccc(Cl)c2)cc2c(=O)n(-c3ccc(OC)cc3)nc1-2. The number of hydrogen-bond acceptors (Lipinski definition) is 5. The van der Waals surface area contributed by atoms with E-state index in [4.69, 9.17) is 21.1 Å². The minimum atomic E-state index is -0.592. The highest BCUT2D eigenvalue weighted by Crippen LogP contribution is 2.26. The largest absolute Gasteiger partial charge is 0.497 e. The van der Waals surface area contributed by atoms with Crippen LogP contribution in [0.4, 0.5) is 0 Å². The fourth-order valence-electron chi connectivity index (χ4n) is 3.05. The number of carbonyl (C=O) groups is 1. The van der Waals surface area contributed by atoms with E-state index in [0.717, 1.165) is 0 Å². The molecule has 0 fully saturated rings. The van der Waals surface area contributed by atoms with Gasteiger partial charge in [0.25, 0.3) is 5.56 Å². The lowest BCUT2D eigenvalue weighted by Crippen LogP contribution is -2.15. The van der Waals surface area contributed by atoms with Gasteiger partial charge in [0, 0.05) is 23.1 Å². The Balaban J connectivity index is 1.96. The summed E-state index contributed by atoms with van der Waals surface area (Å²) in [6.45, 7) is 0. The lowest BCUT2D eigenvalue weighted by Gasteiger charge is -2.11. The zero-order valence-electron chi connectivity index (χ0n) is 15.6. The molecule has 0 amide bonds. The van der Waals surface area contributed by atoms with Crippen LogP contribution in [0.25, 0.3) is 22.6 Å². The maximum Gasteiger partial charge on any atom is 0.341 e.